The van der Waals surface area contributed by atoms with Gasteiger partial charge >= 0.3 is 5.97 Å². The maximum atomic E-state index is 13.7. The Morgan fingerprint density at radius 3 is 2.61 bits per heavy atom. The van der Waals surface area contributed by atoms with Gasteiger partial charge in [-0.15, -0.1) is 0 Å². The highest BCUT2D eigenvalue weighted by Gasteiger charge is 2.18. The Hall–Kier alpha value is -2.17. The van der Waals surface area contributed by atoms with E-state index in [1.54, 1.807) is 12.1 Å². The topological polar surface area (TPSA) is 55.1 Å². The van der Waals surface area contributed by atoms with Gasteiger partial charge < -0.3 is 5.11 Å². The highest BCUT2D eigenvalue weighted by atomic mass is 19.1. The van der Waals surface area contributed by atoms with E-state index in [9.17, 15) is 9.18 Å². The van der Waals surface area contributed by atoms with Crippen molar-refractivity contribution in [3.63, 3.8) is 0 Å². The summed E-state index contributed by atoms with van der Waals surface area (Å²) in [6.07, 6.45) is 0. The fraction of sp³-hybridized carbons (Fsp3) is 0.231. The molecule has 0 amide bonds. The Balaban J connectivity index is 2.63. The van der Waals surface area contributed by atoms with E-state index in [4.69, 9.17) is 5.11 Å². The number of carboxylic acids is 1. The number of carbonyl (C=O) groups is 1. The predicted octanol–water partition coefficient (Wildman–Crippen LogP) is 2.83. The average Bonchev–Trinajstić information content (AvgIpc) is 2.74. The van der Waals surface area contributed by atoms with Gasteiger partial charge in [-0.05, 0) is 24.1 Å². The van der Waals surface area contributed by atoms with Crippen LogP contribution < -0.4 is 0 Å². The minimum atomic E-state index is -1.13. The highest BCUT2D eigenvalue weighted by Crippen LogP contribution is 2.20. The fourth-order valence-corrected chi connectivity index (χ4v) is 1.64. The summed E-state index contributed by atoms with van der Waals surface area (Å²) < 4.78 is 14.8. The molecule has 0 saturated carbocycles. The van der Waals surface area contributed by atoms with Crippen LogP contribution in [0.2, 0.25) is 0 Å². The Morgan fingerprint density at radius 1 is 1.39 bits per heavy atom. The summed E-state index contributed by atoms with van der Waals surface area (Å²) in [5.41, 5.74) is 0.723. The second kappa shape index (κ2) is 4.60. The standard InChI is InChI=1S/C13H13FN2O2/c1-8(2)10-7-12(13(17)18)16(15-10)11-6-4-3-5-9(11)14/h3-8H,1-2H3,(H,17,18). The van der Waals surface area contributed by atoms with Crippen LogP contribution >= 0.6 is 0 Å². The van der Waals surface area contributed by atoms with Crippen molar-refractivity contribution in [2.45, 2.75) is 19.8 Å². The summed E-state index contributed by atoms with van der Waals surface area (Å²) in [5.74, 6) is -1.55. The van der Waals surface area contributed by atoms with Crippen LogP contribution in [0, 0.1) is 5.82 Å². The van der Waals surface area contributed by atoms with Crippen molar-refractivity contribution < 1.29 is 14.3 Å². The van der Waals surface area contributed by atoms with E-state index in [-0.39, 0.29) is 17.3 Å². The molecule has 1 aromatic carbocycles. The monoisotopic (exact) mass is 248 g/mol. The molecule has 4 nitrogen and oxygen atoms in total. The van der Waals surface area contributed by atoms with Crippen LogP contribution in [-0.2, 0) is 0 Å². The molecule has 1 heterocycles. The molecule has 0 fully saturated rings. The van der Waals surface area contributed by atoms with E-state index < -0.39 is 11.8 Å². The minimum Gasteiger partial charge on any atom is -0.477 e. The smallest absolute Gasteiger partial charge is 0.354 e. The maximum Gasteiger partial charge on any atom is 0.354 e. The Morgan fingerprint density at radius 2 is 2.06 bits per heavy atom. The van der Waals surface area contributed by atoms with Crippen LogP contribution in [0.5, 0.6) is 0 Å². The second-order valence-corrected chi connectivity index (χ2v) is 4.28. The first kappa shape index (κ1) is 12.3. The van der Waals surface area contributed by atoms with E-state index >= 15 is 0 Å². The zero-order valence-corrected chi connectivity index (χ0v) is 10.1. The lowest BCUT2D eigenvalue weighted by Crippen LogP contribution is -2.09. The third-order valence-corrected chi connectivity index (χ3v) is 2.62. The predicted molar refractivity (Wildman–Crippen MR) is 64.6 cm³/mol. The zero-order valence-electron chi connectivity index (χ0n) is 10.1. The zero-order chi connectivity index (χ0) is 13.3. The molecule has 94 valence electrons. The molecule has 0 spiro atoms. The summed E-state index contributed by atoms with van der Waals surface area (Å²) in [6, 6.07) is 7.43. The number of carboxylic acid groups (broad SMARTS) is 1. The van der Waals surface area contributed by atoms with Gasteiger partial charge in [0.15, 0.2) is 5.69 Å². The van der Waals surface area contributed by atoms with E-state index in [1.807, 2.05) is 13.8 Å². The molecule has 2 aromatic rings. The number of hydrogen-bond donors (Lipinski definition) is 1. The first-order valence-electron chi connectivity index (χ1n) is 5.59. The molecule has 0 aliphatic carbocycles. The number of benzene rings is 1. The van der Waals surface area contributed by atoms with Crippen molar-refractivity contribution >= 4 is 5.97 Å². The number of nitrogens with zero attached hydrogens (tertiary/aromatic N) is 2. The lowest BCUT2D eigenvalue weighted by molar-refractivity contribution is 0.0687. The Labute approximate surface area is 104 Å². The summed E-state index contributed by atoms with van der Waals surface area (Å²) in [7, 11) is 0. The van der Waals surface area contributed by atoms with E-state index in [0.29, 0.717) is 5.69 Å². The van der Waals surface area contributed by atoms with Gasteiger partial charge in [0.1, 0.15) is 11.5 Å². The normalized spacial score (nSPS) is 10.9. The summed E-state index contributed by atoms with van der Waals surface area (Å²) in [5, 5.41) is 13.3. The lowest BCUT2D eigenvalue weighted by atomic mass is 10.1. The molecule has 0 unspecified atom stereocenters. The average molecular weight is 248 g/mol. The molecule has 18 heavy (non-hydrogen) atoms. The quantitative estimate of drug-likeness (QED) is 0.908. The summed E-state index contributed by atoms with van der Waals surface area (Å²) in [4.78, 5) is 11.2. The molecule has 0 radical (unpaired) electrons. The highest BCUT2D eigenvalue weighted by molar-refractivity contribution is 5.86. The van der Waals surface area contributed by atoms with Gasteiger partial charge in [-0.2, -0.15) is 5.10 Å². The third kappa shape index (κ3) is 2.11. The van der Waals surface area contributed by atoms with Gasteiger partial charge in [-0.1, -0.05) is 26.0 Å². The minimum absolute atomic E-state index is 0.0381. The summed E-state index contributed by atoms with van der Waals surface area (Å²) in [6.45, 7) is 3.80. The van der Waals surface area contributed by atoms with Gasteiger partial charge in [-0.25, -0.2) is 13.9 Å². The van der Waals surface area contributed by atoms with Crippen molar-refractivity contribution in [2.24, 2.45) is 0 Å². The van der Waals surface area contributed by atoms with Crippen LogP contribution in [-0.4, -0.2) is 20.9 Å². The molecule has 0 aliphatic rings. The molecule has 0 atom stereocenters. The van der Waals surface area contributed by atoms with E-state index in [1.165, 1.54) is 18.2 Å². The molecule has 0 saturated heterocycles. The fourth-order valence-electron chi connectivity index (χ4n) is 1.64. The van der Waals surface area contributed by atoms with Crippen molar-refractivity contribution in [1.82, 2.24) is 9.78 Å². The van der Waals surface area contributed by atoms with Crippen molar-refractivity contribution in [2.75, 3.05) is 0 Å². The number of aromatic nitrogens is 2. The largest absolute Gasteiger partial charge is 0.477 e. The van der Waals surface area contributed by atoms with Crippen LogP contribution in [0.4, 0.5) is 4.39 Å². The molecule has 5 heteroatoms. The van der Waals surface area contributed by atoms with Crippen molar-refractivity contribution in [3.8, 4) is 5.69 Å². The molecular weight excluding hydrogens is 235 g/mol. The second-order valence-electron chi connectivity index (χ2n) is 4.28. The molecule has 2 rings (SSSR count). The van der Waals surface area contributed by atoms with Crippen LogP contribution in [0.15, 0.2) is 30.3 Å². The first-order chi connectivity index (χ1) is 8.50. The first-order valence-corrected chi connectivity index (χ1v) is 5.59. The lowest BCUT2D eigenvalue weighted by Gasteiger charge is -2.05. The number of hydrogen-bond acceptors (Lipinski definition) is 2. The Bertz CT molecular complexity index is 590. The molecule has 0 aliphatic heterocycles. The van der Waals surface area contributed by atoms with Gasteiger partial charge in [0.2, 0.25) is 0 Å². The molecule has 1 N–H and O–H groups in total. The summed E-state index contributed by atoms with van der Waals surface area (Å²) >= 11 is 0. The van der Waals surface area contributed by atoms with Crippen molar-refractivity contribution in [1.29, 1.82) is 0 Å². The SMILES string of the molecule is CC(C)c1cc(C(=O)O)n(-c2ccccc2F)n1. The van der Waals surface area contributed by atoms with Gasteiger partial charge in [0.25, 0.3) is 0 Å². The van der Waals surface area contributed by atoms with E-state index in [0.717, 1.165) is 4.68 Å². The van der Waals surface area contributed by atoms with Gasteiger partial charge in [0, 0.05) is 0 Å². The number of para-hydroxylation sites is 1. The van der Waals surface area contributed by atoms with Gasteiger partial charge in [-0.3, -0.25) is 0 Å². The van der Waals surface area contributed by atoms with Crippen molar-refractivity contribution in [3.05, 3.63) is 47.5 Å². The van der Waals surface area contributed by atoms with Gasteiger partial charge in [0.05, 0.1) is 5.69 Å². The Kier molecular flexibility index (Phi) is 3.14. The maximum absolute atomic E-state index is 13.7. The molecule has 0 bridgehead atoms. The number of rotatable bonds is 3. The third-order valence-electron chi connectivity index (χ3n) is 2.62. The molecule has 1 aromatic heterocycles. The van der Waals surface area contributed by atoms with Crippen LogP contribution in [0.25, 0.3) is 5.69 Å². The van der Waals surface area contributed by atoms with Crippen LogP contribution in [0.3, 0.4) is 0 Å². The number of aromatic carboxylic acids is 1. The number of halogens is 1. The van der Waals surface area contributed by atoms with Crippen LogP contribution in [0.1, 0.15) is 35.9 Å². The van der Waals surface area contributed by atoms with E-state index in [2.05, 4.69) is 5.10 Å². The molecular formula is C13H13FN2O2.